The molecule has 2 aromatic carbocycles. The van der Waals surface area contributed by atoms with E-state index in [2.05, 4.69) is 76.7 Å². The summed E-state index contributed by atoms with van der Waals surface area (Å²) in [6.45, 7) is 2.28. The van der Waals surface area contributed by atoms with Crippen molar-refractivity contribution >= 4 is 15.9 Å². The summed E-state index contributed by atoms with van der Waals surface area (Å²) in [6.07, 6.45) is 3.42. The van der Waals surface area contributed by atoms with Crippen LogP contribution in [0.15, 0.2) is 53.0 Å². The third-order valence-electron chi connectivity index (χ3n) is 4.03. The highest BCUT2D eigenvalue weighted by Crippen LogP contribution is 2.22. The van der Waals surface area contributed by atoms with Gasteiger partial charge in [-0.15, -0.1) is 0 Å². The van der Waals surface area contributed by atoms with Gasteiger partial charge >= 0.3 is 0 Å². The van der Waals surface area contributed by atoms with Crippen molar-refractivity contribution in [1.29, 1.82) is 0 Å². The molecule has 2 heteroatoms. The summed E-state index contributed by atoms with van der Waals surface area (Å²) in [5.41, 5.74) is 4.42. The van der Waals surface area contributed by atoms with E-state index in [1.54, 1.807) is 0 Å². The maximum Gasteiger partial charge on any atom is 0.0175 e. The minimum absolute atomic E-state index is 0.510. The van der Waals surface area contributed by atoms with Crippen LogP contribution in [0, 0.1) is 0 Å². The van der Waals surface area contributed by atoms with Crippen molar-refractivity contribution in [2.45, 2.75) is 38.3 Å². The Balaban J connectivity index is 1.55. The first-order valence-electron chi connectivity index (χ1n) is 7.28. The maximum atomic E-state index is 3.78. The Morgan fingerprint density at radius 3 is 2.25 bits per heavy atom. The molecule has 104 valence electrons. The summed E-state index contributed by atoms with van der Waals surface area (Å²) in [5, 5.41) is 3.78. The van der Waals surface area contributed by atoms with E-state index in [4.69, 9.17) is 0 Å². The van der Waals surface area contributed by atoms with Gasteiger partial charge in [-0.1, -0.05) is 52.3 Å². The van der Waals surface area contributed by atoms with Gasteiger partial charge in [-0.2, -0.15) is 0 Å². The first kappa shape index (κ1) is 13.8. The highest BCUT2D eigenvalue weighted by molar-refractivity contribution is 9.10. The summed E-state index contributed by atoms with van der Waals surface area (Å²) in [4.78, 5) is 0. The van der Waals surface area contributed by atoms with Gasteiger partial charge in [0.2, 0.25) is 0 Å². The number of hydrogen-bond acceptors (Lipinski definition) is 1. The average Bonchev–Trinajstić information content (AvgIpc) is 2.83. The number of fused-ring (bicyclic) bond motifs is 1. The molecule has 0 radical (unpaired) electrons. The van der Waals surface area contributed by atoms with Crippen molar-refractivity contribution in [2.75, 3.05) is 0 Å². The molecule has 1 N–H and O–H groups in total. The molecule has 0 heterocycles. The van der Waals surface area contributed by atoms with Crippen LogP contribution in [-0.4, -0.2) is 12.1 Å². The monoisotopic (exact) mass is 329 g/mol. The smallest absolute Gasteiger partial charge is 0.0175 e. The van der Waals surface area contributed by atoms with Crippen LogP contribution in [0.5, 0.6) is 0 Å². The van der Waals surface area contributed by atoms with E-state index in [0.29, 0.717) is 12.1 Å². The zero-order valence-corrected chi connectivity index (χ0v) is 13.4. The number of benzene rings is 2. The number of halogens is 1. The van der Waals surface area contributed by atoms with Gasteiger partial charge in [0, 0.05) is 16.6 Å². The Hall–Kier alpha value is -1.12. The van der Waals surface area contributed by atoms with Crippen molar-refractivity contribution in [2.24, 2.45) is 0 Å². The molecule has 1 nitrogen and oxygen atoms in total. The van der Waals surface area contributed by atoms with Crippen LogP contribution in [-0.2, 0) is 19.3 Å². The van der Waals surface area contributed by atoms with Gasteiger partial charge < -0.3 is 5.32 Å². The van der Waals surface area contributed by atoms with Crippen molar-refractivity contribution in [3.8, 4) is 0 Å². The van der Waals surface area contributed by atoms with Crippen LogP contribution in [0.3, 0.4) is 0 Å². The fourth-order valence-corrected chi connectivity index (χ4v) is 3.38. The van der Waals surface area contributed by atoms with Crippen LogP contribution >= 0.6 is 15.9 Å². The van der Waals surface area contributed by atoms with Gasteiger partial charge in [-0.05, 0) is 55.0 Å². The van der Waals surface area contributed by atoms with E-state index in [-0.39, 0.29) is 0 Å². The number of rotatable bonds is 4. The molecule has 20 heavy (non-hydrogen) atoms. The lowest BCUT2D eigenvalue weighted by molar-refractivity contribution is 0.453. The lowest BCUT2D eigenvalue weighted by Crippen LogP contribution is -2.38. The minimum atomic E-state index is 0.510. The molecule has 3 rings (SSSR count). The van der Waals surface area contributed by atoms with Gasteiger partial charge in [0.25, 0.3) is 0 Å². The summed E-state index contributed by atoms with van der Waals surface area (Å²) < 4.78 is 1.15. The van der Waals surface area contributed by atoms with Crippen molar-refractivity contribution < 1.29 is 0 Å². The lowest BCUT2D eigenvalue weighted by Gasteiger charge is -2.19. The quantitative estimate of drug-likeness (QED) is 0.888. The highest BCUT2D eigenvalue weighted by Gasteiger charge is 2.21. The second-order valence-corrected chi connectivity index (χ2v) is 6.69. The molecule has 2 aromatic rings. The summed E-state index contributed by atoms with van der Waals surface area (Å²) >= 11 is 3.48. The van der Waals surface area contributed by atoms with Gasteiger partial charge in [-0.25, -0.2) is 0 Å². The molecule has 1 unspecified atom stereocenters. The Morgan fingerprint density at radius 2 is 1.65 bits per heavy atom. The standard InChI is InChI=1S/C18H20BrN/c1-13(10-14-6-8-17(19)9-7-14)20-18-11-15-4-2-3-5-16(15)12-18/h2-9,13,18,20H,10-12H2,1H3. The molecular weight excluding hydrogens is 310 g/mol. The maximum absolute atomic E-state index is 3.78. The first-order chi connectivity index (χ1) is 9.70. The van der Waals surface area contributed by atoms with Crippen LogP contribution < -0.4 is 5.32 Å². The van der Waals surface area contributed by atoms with E-state index in [9.17, 15) is 0 Å². The second-order valence-electron chi connectivity index (χ2n) is 5.77. The van der Waals surface area contributed by atoms with Crippen molar-refractivity contribution in [1.82, 2.24) is 5.32 Å². The molecule has 1 aliphatic carbocycles. The minimum Gasteiger partial charge on any atom is -0.311 e. The predicted octanol–water partition coefficient (Wildman–Crippen LogP) is 4.14. The van der Waals surface area contributed by atoms with E-state index in [1.165, 1.54) is 29.5 Å². The Morgan fingerprint density at radius 1 is 1.05 bits per heavy atom. The molecule has 0 saturated carbocycles. The molecular formula is C18H20BrN. The zero-order chi connectivity index (χ0) is 13.9. The normalized spacial score (nSPS) is 16.1. The molecule has 0 spiro atoms. The lowest BCUT2D eigenvalue weighted by atomic mass is 10.1. The van der Waals surface area contributed by atoms with Crippen LogP contribution in [0.1, 0.15) is 23.6 Å². The highest BCUT2D eigenvalue weighted by atomic mass is 79.9. The van der Waals surface area contributed by atoms with Crippen LogP contribution in [0.4, 0.5) is 0 Å². The Kier molecular flexibility index (Phi) is 4.23. The van der Waals surface area contributed by atoms with Crippen molar-refractivity contribution in [3.63, 3.8) is 0 Å². The van der Waals surface area contributed by atoms with Gasteiger partial charge in [0.15, 0.2) is 0 Å². The third kappa shape index (κ3) is 3.31. The van der Waals surface area contributed by atoms with E-state index >= 15 is 0 Å². The molecule has 0 aromatic heterocycles. The first-order valence-corrected chi connectivity index (χ1v) is 8.07. The van der Waals surface area contributed by atoms with Crippen LogP contribution in [0.25, 0.3) is 0 Å². The molecule has 1 aliphatic rings. The van der Waals surface area contributed by atoms with Gasteiger partial charge in [-0.3, -0.25) is 0 Å². The Bertz CT molecular complexity index is 551. The zero-order valence-electron chi connectivity index (χ0n) is 11.8. The van der Waals surface area contributed by atoms with Gasteiger partial charge in [0.05, 0.1) is 0 Å². The molecule has 0 amide bonds. The molecule has 0 bridgehead atoms. The fraction of sp³-hybridized carbons (Fsp3) is 0.333. The number of hydrogen-bond donors (Lipinski definition) is 1. The summed E-state index contributed by atoms with van der Waals surface area (Å²) in [5.74, 6) is 0. The van der Waals surface area contributed by atoms with Crippen LogP contribution in [0.2, 0.25) is 0 Å². The average molecular weight is 330 g/mol. The third-order valence-corrected chi connectivity index (χ3v) is 4.56. The molecule has 0 aliphatic heterocycles. The summed E-state index contributed by atoms with van der Waals surface area (Å²) in [7, 11) is 0. The SMILES string of the molecule is CC(Cc1ccc(Br)cc1)NC1Cc2ccccc2C1. The molecule has 0 saturated heterocycles. The summed E-state index contributed by atoms with van der Waals surface area (Å²) in [6, 6.07) is 18.6. The number of nitrogens with one attached hydrogen (secondary N) is 1. The van der Waals surface area contributed by atoms with E-state index < -0.39 is 0 Å². The van der Waals surface area contributed by atoms with Crippen molar-refractivity contribution in [3.05, 3.63) is 69.7 Å². The largest absolute Gasteiger partial charge is 0.311 e. The second kappa shape index (κ2) is 6.11. The van der Waals surface area contributed by atoms with E-state index in [1.807, 2.05) is 0 Å². The Labute approximate surface area is 129 Å². The van der Waals surface area contributed by atoms with E-state index in [0.717, 1.165) is 10.9 Å². The van der Waals surface area contributed by atoms with Gasteiger partial charge in [0.1, 0.15) is 0 Å². The molecule has 1 atom stereocenters. The molecule has 0 fully saturated rings. The fourth-order valence-electron chi connectivity index (χ4n) is 3.11. The predicted molar refractivity (Wildman–Crippen MR) is 88.1 cm³/mol. The topological polar surface area (TPSA) is 12.0 Å².